The van der Waals surface area contributed by atoms with Gasteiger partial charge in [0.15, 0.2) is 0 Å². The predicted molar refractivity (Wildman–Crippen MR) is 79.1 cm³/mol. The van der Waals surface area contributed by atoms with E-state index >= 15 is 0 Å². The average molecular weight is 290 g/mol. The number of carbonyl (C=O) groups excluding carboxylic acids is 1. The topological polar surface area (TPSA) is 64.8 Å². The zero-order valence-electron chi connectivity index (χ0n) is 12.3. The van der Waals surface area contributed by atoms with Crippen molar-refractivity contribution in [1.82, 2.24) is 4.90 Å². The minimum Gasteiger partial charge on any atom is -0.492 e. The summed E-state index contributed by atoms with van der Waals surface area (Å²) < 4.78 is 11.3. The van der Waals surface area contributed by atoms with Gasteiger partial charge in [0.1, 0.15) is 12.4 Å². The van der Waals surface area contributed by atoms with E-state index in [1.165, 1.54) is 0 Å². The molecule has 0 aromatic heterocycles. The SMILES string of the molecule is CC1COC(CN)CN1C(=O)C1COc2ccccc2C1. The number of nitrogens with two attached hydrogens (primary N) is 1. The van der Waals surface area contributed by atoms with Gasteiger partial charge in [0, 0.05) is 13.1 Å². The summed E-state index contributed by atoms with van der Waals surface area (Å²) in [5, 5.41) is 0. The Balaban J connectivity index is 1.71. The monoisotopic (exact) mass is 290 g/mol. The van der Waals surface area contributed by atoms with Gasteiger partial charge in [0.2, 0.25) is 5.91 Å². The van der Waals surface area contributed by atoms with E-state index in [1.807, 2.05) is 36.1 Å². The van der Waals surface area contributed by atoms with Crippen LogP contribution in [-0.4, -0.2) is 49.3 Å². The van der Waals surface area contributed by atoms with E-state index in [-0.39, 0.29) is 24.0 Å². The third kappa shape index (κ3) is 2.89. The fraction of sp³-hybridized carbons (Fsp3) is 0.562. The van der Waals surface area contributed by atoms with Gasteiger partial charge in [-0.2, -0.15) is 0 Å². The molecule has 3 rings (SSSR count). The van der Waals surface area contributed by atoms with Crippen LogP contribution in [0.3, 0.4) is 0 Å². The van der Waals surface area contributed by atoms with Crippen LogP contribution in [0.25, 0.3) is 0 Å². The number of morpholine rings is 1. The van der Waals surface area contributed by atoms with Crippen LogP contribution in [0.15, 0.2) is 24.3 Å². The summed E-state index contributed by atoms with van der Waals surface area (Å²) in [6.45, 7) is 4.04. The molecule has 0 bridgehead atoms. The molecule has 2 aliphatic rings. The van der Waals surface area contributed by atoms with Crippen LogP contribution in [-0.2, 0) is 16.0 Å². The number of amides is 1. The fourth-order valence-electron chi connectivity index (χ4n) is 2.99. The quantitative estimate of drug-likeness (QED) is 0.875. The molecule has 2 heterocycles. The first kappa shape index (κ1) is 14.4. The van der Waals surface area contributed by atoms with Crippen LogP contribution in [0, 0.1) is 5.92 Å². The zero-order valence-corrected chi connectivity index (χ0v) is 12.3. The molecule has 1 amide bonds. The molecule has 5 nitrogen and oxygen atoms in total. The van der Waals surface area contributed by atoms with Crippen LogP contribution in [0.1, 0.15) is 12.5 Å². The Morgan fingerprint density at radius 3 is 3.00 bits per heavy atom. The molecule has 5 heteroatoms. The second kappa shape index (κ2) is 6.03. The van der Waals surface area contributed by atoms with E-state index < -0.39 is 0 Å². The molecule has 1 fully saturated rings. The minimum absolute atomic E-state index is 0.0538. The van der Waals surface area contributed by atoms with Gasteiger partial charge < -0.3 is 20.1 Å². The fourth-order valence-corrected chi connectivity index (χ4v) is 2.99. The first-order valence-electron chi connectivity index (χ1n) is 7.52. The molecule has 1 aromatic carbocycles. The highest BCUT2D eigenvalue weighted by Gasteiger charge is 2.35. The van der Waals surface area contributed by atoms with Gasteiger partial charge in [-0.3, -0.25) is 4.79 Å². The van der Waals surface area contributed by atoms with Gasteiger partial charge in [-0.15, -0.1) is 0 Å². The molecule has 21 heavy (non-hydrogen) atoms. The summed E-state index contributed by atoms with van der Waals surface area (Å²) in [5.74, 6) is 0.939. The van der Waals surface area contributed by atoms with Crippen molar-refractivity contribution < 1.29 is 14.3 Å². The smallest absolute Gasteiger partial charge is 0.229 e. The summed E-state index contributed by atoms with van der Waals surface area (Å²) in [4.78, 5) is 14.7. The first-order chi connectivity index (χ1) is 10.2. The molecule has 0 spiro atoms. The molecule has 0 aliphatic carbocycles. The Hall–Kier alpha value is -1.59. The lowest BCUT2D eigenvalue weighted by Gasteiger charge is -2.40. The van der Waals surface area contributed by atoms with Crippen molar-refractivity contribution in [2.75, 3.05) is 26.3 Å². The Bertz CT molecular complexity index is 520. The average Bonchev–Trinajstić information content (AvgIpc) is 2.54. The molecular formula is C16H22N2O3. The Labute approximate surface area is 125 Å². The Morgan fingerprint density at radius 1 is 1.38 bits per heavy atom. The largest absolute Gasteiger partial charge is 0.492 e. The third-order valence-electron chi connectivity index (χ3n) is 4.28. The summed E-state index contributed by atoms with van der Waals surface area (Å²) in [6, 6.07) is 8.02. The number of rotatable bonds is 2. The highest BCUT2D eigenvalue weighted by molar-refractivity contribution is 5.80. The summed E-state index contributed by atoms with van der Waals surface area (Å²) in [7, 11) is 0. The van der Waals surface area contributed by atoms with E-state index in [0.29, 0.717) is 26.3 Å². The number of ether oxygens (including phenoxy) is 2. The Kier molecular flexibility index (Phi) is 4.12. The van der Waals surface area contributed by atoms with Crippen molar-refractivity contribution in [2.45, 2.75) is 25.5 Å². The van der Waals surface area contributed by atoms with Gasteiger partial charge in [-0.1, -0.05) is 18.2 Å². The molecule has 114 valence electrons. The molecule has 2 N–H and O–H groups in total. The van der Waals surface area contributed by atoms with Crippen molar-refractivity contribution in [3.05, 3.63) is 29.8 Å². The van der Waals surface area contributed by atoms with Gasteiger partial charge in [0.05, 0.1) is 24.7 Å². The zero-order chi connectivity index (χ0) is 14.8. The summed E-state index contributed by atoms with van der Waals surface area (Å²) >= 11 is 0. The number of hydrogen-bond donors (Lipinski definition) is 1. The highest BCUT2D eigenvalue weighted by atomic mass is 16.5. The van der Waals surface area contributed by atoms with E-state index in [0.717, 1.165) is 17.7 Å². The van der Waals surface area contributed by atoms with E-state index in [9.17, 15) is 4.79 Å². The molecule has 0 saturated carbocycles. The molecule has 3 atom stereocenters. The van der Waals surface area contributed by atoms with Gasteiger partial charge in [-0.05, 0) is 25.0 Å². The van der Waals surface area contributed by atoms with E-state index in [1.54, 1.807) is 0 Å². The maximum Gasteiger partial charge on any atom is 0.229 e. The van der Waals surface area contributed by atoms with Crippen LogP contribution in [0.4, 0.5) is 0 Å². The normalized spacial score (nSPS) is 28.7. The number of nitrogens with zero attached hydrogens (tertiary/aromatic N) is 1. The lowest BCUT2D eigenvalue weighted by molar-refractivity contribution is -0.149. The van der Waals surface area contributed by atoms with Gasteiger partial charge in [0.25, 0.3) is 0 Å². The molecule has 2 aliphatic heterocycles. The molecule has 3 unspecified atom stereocenters. The number of para-hydroxylation sites is 1. The van der Waals surface area contributed by atoms with E-state index in [4.69, 9.17) is 15.2 Å². The number of carbonyl (C=O) groups is 1. The molecular weight excluding hydrogens is 268 g/mol. The molecule has 1 saturated heterocycles. The maximum absolute atomic E-state index is 12.8. The Morgan fingerprint density at radius 2 is 2.19 bits per heavy atom. The van der Waals surface area contributed by atoms with Crippen LogP contribution in [0.5, 0.6) is 5.75 Å². The second-order valence-electron chi connectivity index (χ2n) is 5.85. The number of benzene rings is 1. The first-order valence-corrected chi connectivity index (χ1v) is 7.52. The highest BCUT2D eigenvalue weighted by Crippen LogP contribution is 2.28. The third-order valence-corrected chi connectivity index (χ3v) is 4.28. The number of fused-ring (bicyclic) bond motifs is 1. The van der Waals surface area contributed by atoms with Crippen molar-refractivity contribution in [3.63, 3.8) is 0 Å². The lowest BCUT2D eigenvalue weighted by Crippen LogP contribution is -2.55. The molecule has 1 aromatic rings. The number of hydrogen-bond acceptors (Lipinski definition) is 4. The lowest BCUT2D eigenvalue weighted by atomic mass is 9.94. The van der Waals surface area contributed by atoms with Crippen LogP contribution < -0.4 is 10.5 Å². The molecule has 0 radical (unpaired) electrons. The van der Waals surface area contributed by atoms with Crippen LogP contribution >= 0.6 is 0 Å². The maximum atomic E-state index is 12.8. The van der Waals surface area contributed by atoms with Gasteiger partial charge >= 0.3 is 0 Å². The van der Waals surface area contributed by atoms with Crippen molar-refractivity contribution in [3.8, 4) is 5.75 Å². The van der Waals surface area contributed by atoms with Crippen molar-refractivity contribution in [1.29, 1.82) is 0 Å². The summed E-state index contributed by atoms with van der Waals surface area (Å²) in [6.07, 6.45) is 0.689. The minimum atomic E-state index is -0.112. The second-order valence-corrected chi connectivity index (χ2v) is 5.85. The standard InChI is InChI=1S/C16H22N2O3/c1-11-9-20-14(7-17)8-18(11)16(19)13-6-12-4-2-3-5-15(12)21-10-13/h2-5,11,13-14H,6-10,17H2,1H3. The predicted octanol–water partition coefficient (Wildman–Crippen LogP) is 0.812. The van der Waals surface area contributed by atoms with Crippen molar-refractivity contribution >= 4 is 5.91 Å². The van der Waals surface area contributed by atoms with E-state index in [2.05, 4.69) is 0 Å². The van der Waals surface area contributed by atoms with Gasteiger partial charge in [-0.25, -0.2) is 0 Å². The van der Waals surface area contributed by atoms with Crippen LogP contribution in [0.2, 0.25) is 0 Å². The summed E-state index contributed by atoms with van der Waals surface area (Å²) in [5.41, 5.74) is 6.77. The van der Waals surface area contributed by atoms with Crippen molar-refractivity contribution in [2.24, 2.45) is 11.7 Å².